The van der Waals surface area contributed by atoms with Crippen molar-refractivity contribution < 1.29 is 16.8 Å². The van der Waals surface area contributed by atoms with Gasteiger partial charge in [0.15, 0.2) is 14.9 Å². The minimum absolute atomic E-state index is 0.261. The molecule has 1 atom stereocenters. The van der Waals surface area contributed by atoms with E-state index in [9.17, 15) is 16.8 Å². The van der Waals surface area contributed by atoms with Crippen LogP contribution in [0.4, 0.5) is 0 Å². The zero-order valence-electron chi connectivity index (χ0n) is 12.5. The first-order chi connectivity index (χ1) is 9.10. The highest BCUT2D eigenvalue weighted by Gasteiger charge is 2.31. The lowest BCUT2D eigenvalue weighted by atomic mass is 9.99. The van der Waals surface area contributed by atoms with Crippen molar-refractivity contribution in [2.45, 2.75) is 26.7 Å². The molecule has 0 radical (unpaired) electrons. The quantitative estimate of drug-likeness (QED) is 0.726. The molecule has 1 aliphatic rings. The SMILES string of the molecule is CC(C)CNCC1CCCN(S(=O)(=O)CS(C)(=O)=O)C1. The summed E-state index contributed by atoms with van der Waals surface area (Å²) < 4.78 is 47.8. The normalized spacial score (nSPS) is 22.3. The fraction of sp³-hybridized carbons (Fsp3) is 1.00. The Labute approximate surface area is 122 Å². The Kier molecular flexibility index (Phi) is 6.43. The molecule has 0 aromatic carbocycles. The fourth-order valence-corrected chi connectivity index (χ4v) is 5.97. The van der Waals surface area contributed by atoms with Crippen LogP contribution in [0.2, 0.25) is 0 Å². The molecule has 1 heterocycles. The van der Waals surface area contributed by atoms with Crippen molar-refractivity contribution in [1.82, 2.24) is 9.62 Å². The van der Waals surface area contributed by atoms with Crippen molar-refractivity contribution >= 4 is 19.9 Å². The molecule has 0 aromatic heterocycles. The first kappa shape index (κ1) is 17.9. The standard InChI is InChI=1S/C12H26N2O4S2/c1-11(2)7-13-8-12-5-4-6-14(9-12)20(17,18)10-19(3,15)16/h11-13H,4-10H2,1-3H3. The molecule has 6 nitrogen and oxygen atoms in total. The van der Waals surface area contributed by atoms with Gasteiger partial charge in [0.25, 0.3) is 0 Å². The summed E-state index contributed by atoms with van der Waals surface area (Å²) in [6.45, 7) is 6.78. The number of nitrogens with zero attached hydrogens (tertiary/aromatic N) is 1. The molecule has 8 heteroatoms. The molecule has 1 unspecified atom stereocenters. The number of piperidine rings is 1. The summed E-state index contributed by atoms with van der Waals surface area (Å²) in [4.78, 5) is 0. The zero-order chi connectivity index (χ0) is 15.4. The third-order valence-electron chi connectivity index (χ3n) is 3.22. The van der Waals surface area contributed by atoms with Gasteiger partial charge in [-0.15, -0.1) is 0 Å². The first-order valence-corrected chi connectivity index (χ1v) is 10.6. The van der Waals surface area contributed by atoms with Crippen LogP contribution in [0.5, 0.6) is 0 Å². The van der Waals surface area contributed by atoms with Gasteiger partial charge in [-0.05, 0) is 37.8 Å². The Balaban J connectivity index is 2.56. The van der Waals surface area contributed by atoms with Crippen LogP contribution < -0.4 is 5.32 Å². The lowest BCUT2D eigenvalue weighted by Gasteiger charge is -2.32. The summed E-state index contributed by atoms with van der Waals surface area (Å²) in [5, 5.41) is 2.55. The van der Waals surface area contributed by atoms with Crippen LogP contribution >= 0.6 is 0 Å². The van der Waals surface area contributed by atoms with Crippen molar-refractivity contribution in [3.8, 4) is 0 Å². The lowest BCUT2D eigenvalue weighted by Crippen LogP contribution is -2.44. The molecule has 1 rings (SSSR count). The number of sulfone groups is 1. The van der Waals surface area contributed by atoms with E-state index in [-0.39, 0.29) is 5.92 Å². The second-order valence-corrected chi connectivity index (χ2v) is 10.5. The Morgan fingerprint density at radius 2 is 1.90 bits per heavy atom. The Bertz CT molecular complexity index is 500. The topological polar surface area (TPSA) is 83.6 Å². The number of sulfonamides is 1. The number of hydrogen-bond acceptors (Lipinski definition) is 5. The Morgan fingerprint density at radius 3 is 2.45 bits per heavy atom. The predicted octanol–water partition coefficient (Wildman–Crippen LogP) is 0.276. The highest BCUT2D eigenvalue weighted by Crippen LogP contribution is 2.19. The van der Waals surface area contributed by atoms with Gasteiger partial charge in [-0.2, -0.15) is 0 Å². The van der Waals surface area contributed by atoms with Crippen LogP contribution in [0.15, 0.2) is 0 Å². The maximum absolute atomic E-state index is 12.1. The second kappa shape index (κ2) is 7.20. The summed E-state index contributed by atoms with van der Waals surface area (Å²) in [5.41, 5.74) is 0. The van der Waals surface area contributed by atoms with Gasteiger partial charge in [0.2, 0.25) is 10.0 Å². The molecular formula is C12H26N2O4S2. The van der Waals surface area contributed by atoms with Crippen LogP contribution in [0, 0.1) is 11.8 Å². The average molecular weight is 326 g/mol. The van der Waals surface area contributed by atoms with Crippen molar-refractivity contribution in [2.75, 3.05) is 37.5 Å². The molecule has 0 aromatic rings. The van der Waals surface area contributed by atoms with Crippen LogP contribution in [-0.2, 0) is 19.9 Å². The van der Waals surface area contributed by atoms with Gasteiger partial charge in [0.05, 0.1) is 0 Å². The summed E-state index contributed by atoms with van der Waals surface area (Å²) in [7, 11) is -7.22. The van der Waals surface area contributed by atoms with Crippen LogP contribution in [0.3, 0.4) is 0 Å². The van der Waals surface area contributed by atoms with E-state index in [0.29, 0.717) is 19.0 Å². The predicted molar refractivity (Wildman–Crippen MR) is 80.6 cm³/mol. The van der Waals surface area contributed by atoms with E-state index in [2.05, 4.69) is 19.2 Å². The summed E-state index contributed by atoms with van der Waals surface area (Å²) in [5.74, 6) is 0.820. The maximum Gasteiger partial charge on any atom is 0.228 e. The molecular weight excluding hydrogens is 300 g/mol. The minimum atomic E-state index is -3.70. The van der Waals surface area contributed by atoms with Gasteiger partial charge in [0, 0.05) is 19.3 Å². The van der Waals surface area contributed by atoms with Crippen molar-refractivity contribution in [3.63, 3.8) is 0 Å². The highest BCUT2D eigenvalue weighted by molar-refractivity contribution is 8.06. The van der Waals surface area contributed by atoms with Gasteiger partial charge < -0.3 is 5.32 Å². The Morgan fingerprint density at radius 1 is 1.25 bits per heavy atom. The molecule has 1 saturated heterocycles. The zero-order valence-corrected chi connectivity index (χ0v) is 14.1. The smallest absolute Gasteiger partial charge is 0.228 e. The molecule has 0 saturated carbocycles. The van der Waals surface area contributed by atoms with Crippen LogP contribution in [0.1, 0.15) is 26.7 Å². The molecule has 1 fully saturated rings. The van der Waals surface area contributed by atoms with Crippen LogP contribution in [0.25, 0.3) is 0 Å². The van der Waals surface area contributed by atoms with E-state index < -0.39 is 24.9 Å². The van der Waals surface area contributed by atoms with Gasteiger partial charge in [-0.25, -0.2) is 21.1 Å². The summed E-state index contributed by atoms with van der Waals surface area (Å²) in [6.07, 6.45) is 2.73. The first-order valence-electron chi connectivity index (χ1n) is 6.96. The van der Waals surface area contributed by atoms with E-state index in [4.69, 9.17) is 0 Å². The molecule has 20 heavy (non-hydrogen) atoms. The molecule has 1 N–H and O–H groups in total. The third kappa shape index (κ3) is 6.51. The summed E-state index contributed by atoms with van der Waals surface area (Å²) >= 11 is 0. The lowest BCUT2D eigenvalue weighted by molar-refractivity contribution is 0.259. The molecule has 0 bridgehead atoms. The largest absolute Gasteiger partial charge is 0.316 e. The van der Waals surface area contributed by atoms with E-state index in [1.807, 2.05) is 0 Å². The monoisotopic (exact) mass is 326 g/mol. The van der Waals surface area contributed by atoms with Gasteiger partial charge in [-0.1, -0.05) is 13.8 Å². The maximum atomic E-state index is 12.1. The third-order valence-corrected chi connectivity index (χ3v) is 7.25. The number of nitrogens with one attached hydrogen (secondary N) is 1. The molecule has 120 valence electrons. The number of hydrogen-bond donors (Lipinski definition) is 1. The molecule has 0 aliphatic carbocycles. The van der Waals surface area contributed by atoms with Gasteiger partial charge >= 0.3 is 0 Å². The minimum Gasteiger partial charge on any atom is -0.316 e. The van der Waals surface area contributed by atoms with E-state index >= 15 is 0 Å². The van der Waals surface area contributed by atoms with Crippen LogP contribution in [-0.4, -0.2) is 58.7 Å². The van der Waals surface area contributed by atoms with Gasteiger partial charge in [-0.3, -0.25) is 0 Å². The summed E-state index contributed by atoms with van der Waals surface area (Å²) in [6, 6.07) is 0. The van der Waals surface area contributed by atoms with Gasteiger partial charge in [0.1, 0.15) is 0 Å². The molecule has 0 spiro atoms. The number of rotatable bonds is 7. The molecule has 0 amide bonds. The second-order valence-electron chi connectivity index (χ2n) is 6.07. The molecule has 1 aliphatic heterocycles. The van der Waals surface area contributed by atoms with E-state index in [0.717, 1.165) is 32.2 Å². The van der Waals surface area contributed by atoms with Crippen molar-refractivity contribution in [3.05, 3.63) is 0 Å². The average Bonchev–Trinajstić information content (AvgIpc) is 2.25. The van der Waals surface area contributed by atoms with E-state index in [1.54, 1.807) is 0 Å². The van der Waals surface area contributed by atoms with Crippen molar-refractivity contribution in [2.24, 2.45) is 11.8 Å². The van der Waals surface area contributed by atoms with E-state index in [1.165, 1.54) is 4.31 Å². The fourth-order valence-electron chi connectivity index (χ4n) is 2.37. The van der Waals surface area contributed by atoms with Crippen molar-refractivity contribution in [1.29, 1.82) is 0 Å². The Hall–Kier alpha value is -0.180. The highest BCUT2D eigenvalue weighted by atomic mass is 32.3.